The van der Waals surface area contributed by atoms with Gasteiger partial charge >= 0.3 is 0 Å². The quantitative estimate of drug-likeness (QED) is 0.705. The summed E-state index contributed by atoms with van der Waals surface area (Å²) in [5.74, 6) is -0.371. The first-order valence-corrected chi connectivity index (χ1v) is 6.04. The molecule has 0 aliphatic carbocycles. The lowest BCUT2D eigenvalue weighted by Crippen LogP contribution is -2.35. The molecule has 1 amide bonds. The third kappa shape index (κ3) is 4.46. The van der Waals surface area contributed by atoms with Crippen LogP contribution in [0.2, 0.25) is 0 Å². The molecule has 0 radical (unpaired) electrons. The third-order valence-corrected chi connectivity index (χ3v) is 2.49. The molecular weight excluding hydrogens is 250 g/mol. The standard InChI is InChI=1S/C12H19N3O4/c1-4-7-15-10(16)6-5-9(14-15)12(17)13-8-11(18-2)19-3/h5-6,11H,4,7-8H2,1-3H3,(H,13,17). The molecule has 0 atom stereocenters. The van der Waals surface area contributed by atoms with Crippen molar-refractivity contribution in [2.24, 2.45) is 0 Å². The summed E-state index contributed by atoms with van der Waals surface area (Å²) < 4.78 is 11.2. The average Bonchev–Trinajstić information content (AvgIpc) is 2.42. The maximum Gasteiger partial charge on any atom is 0.271 e. The van der Waals surface area contributed by atoms with E-state index in [1.54, 1.807) is 0 Å². The molecule has 0 fully saturated rings. The minimum atomic E-state index is -0.509. The topological polar surface area (TPSA) is 82.5 Å². The molecule has 7 nitrogen and oxygen atoms in total. The van der Waals surface area contributed by atoms with Gasteiger partial charge in [0.05, 0.1) is 6.54 Å². The second kappa shape index (κ2) is 7.65. The highest BCUT2D eigenvalue weighted by Crippen LogP contribution is 1.94. The Morgan fingerprint density at radius 1 is 1.42 bits per heavy atom. The highest BCUT2D eigenvalue weighted by molar-refractivity contribution is 5.91. The van der Waals surface area contributed by atoms with Crippen LogP contribution in [0.5, 0.6) is 0 Å². The fourth-order valence-corrected chi connectivity index (χ4v) is 1.47. The summed E-state index contributed by atoms with van der Waals surface area (Å²) in [5, 5.41) is 6.62. The van der Waals surface area contributed by atoms with Crippen LogP contribution in [0.3, 0.4) is 0 Å². The number of carbonyl (C=O) groups excluding carboxylic acids is 1. The molecule has 1 aromatic rings. The fraction of sp³-hybridized carbons (Fsp3) is 0.583. The SMILES string of the molecule is CCCn1nc(C(=O)NCC(OC)OC)ccc1=O. The molecule has 0 saturated carbocycles. The Bertz CT molecular complexity index is 468. The van der Waals surface area contributed by atoms with E-state index in [4.69, 9.17) is 9.47 Å². The van der Waals surface area contributed by atoms with Crippen molar-refractivity contribution in [2.45, 2.75) is 26.2 Å². The van der Waals surface area contributed by atoms with Crippen LogP contribution in [0.25, 0.3) is 0 Å². The summed E-state index contributed by atoms with van der Waals surface area (Å²) >= 11 is 0. The van der Waals surface area contributed by atoms with E-state index in [2.05, 4.69) is 10.4 Å². The Labute approximate surface area is 111 Å². The van der Waals surface area contributed by atoms with Crippen LogP contribution in [0.15, 0.2) is 16.9 Å². The molecular formula is C12H19N3O4. The van der Waals surface area contributed by atoms with Gasteiger partial charge in [0.25, 0.3) is 11.5 Å². The van der Waals surface area contributed by atoms with Crippen LogP contribution in [-0.4, -0.2) is 42.7 Å². The van der Waals surface area contributed by atoms with E-state index in [1.165, 1.54) is 31.0 Å². The Kier molecular flexibility index (Phi) is 6.17. The molecule has 1 heterocycles. The van der Waals surface area contributed by atoms with Gasteiger partial charge in [-0.3, -0.25) is 9.59 Å². The molecule has 0 saturated heterocycles. The van der Waals surface area contributed by atoms with Gasteiger partial charge in [0.15, 0.2) is 6.29 Å². The molecule has 0 unspecified atom stereocenters. The predicted octanol–water partition coefficient (Wildman–Crippen LogP) is 0.00200. The number of amides is 1. The van der Waals surface area contributed by atoms with E-state index in [-0.39, 0.29) is 23.7 Å². The first-order valence-electron chi connectivity index (χ1n) is 6.04. The Balaban J connectivity index is 2.71. The van der Waals surface area contributed by atoms with E-state index < -0.39 is 6.29 Å². The van der Waals surface area contributed by atoms with Crippen molar-refractivity contribution in [2.75, 3.05) is 20.8 Å². The molecule has 1 aromatic heterocycles. The van der Waals surface area contributed by atoms with Crippen molar-refractivity contribution in [3.63, 3.8) is 0 Å². The maximum atomic E-state index is 11.8. The monoisotopic (exact) mass is 269 g/mol. The smallest absolute Gasteiger partial charge is 0.271 e. The molecule has 0 aliphatic rings. The van der Waals surface area contributed by atoms with E-state index in [0.717, 1.165) is 6.42 Å². The zero-order valence-electron chi connectivity index (χ0n) is 11.4. The highest BCUT2D eigenvalue weighted by atomic mass is 16.7. The van der Waals surface area contributed by atoms with Gasteiger partial charge < -0.3 is 14.8 Å². The first kappa shape index (κ1) is 15.3. The minimum Gasteiger partial charge on any atom is -0.354 e. The zero-order valence-corrected chi connectivity index (χ0v) is 11.4. The summed E-state index contributed by atoms with van der Waals surface area (Å²) in [7, 11) is 2.97. The van der Waals surface area contributed by atoms with Crippen molar-refractivity contribution in [3.8, 4) is 0 Å². The molecule has 0 aromatic carbocycles. The van der Waals surface area contributed by atoms with E-state index >= 15 is 0 Å². The molecule has 0 spiro atoms. The number of ether oxygens (including phenoxy) is 2. The summed E-state index contributed by atoms with van der Waals surface area (Å²) in [6.45, 7) is 2.63. The number of nitrogens with one attached hydrogen (secondary N) is 1. The summed E-state index contributed by atoms with van der Waals surface area (Å²) in [6, 6.07) is 2.74. The molecule has 7 heteroatoms. The lowest BCUT2D eigenvalue weighted by atomic mass is 10.3. The lowest BCUT2D eigenvalue weighted by molar-refractivity contribution is -0.0974. The summed E-state index contributed by atoms with van der Waals surface area (Å²) in [5.41, 5.74) is -0.0240. The van der Waals surface area contributed by atoms with E-state index in [9.17, 15) is 9.59 Å². The van der Waals surface area contributed by atoms with Crippen molar-refractivity contribution in [1.82, 2.24) is 15.1 Å². The lowest BCUT2D eigenvalue weighted by Gasteiger charge is -2.14. The molecule has 0 bridgehead atoms. The number of hydrogen-bond donors (Lipinski definition) is 1. The number of carbonyl (C=O) groups is 1. The molecule has 1 rings (SSSR count). The van der Waals surface area contributed by atoms with Crippen LogP contribution in [0, 0.1) is 0 Å². The minimum absolute atomic E-state index is 0.194. The third-order valence-electron chi connectivity index (χ3n) is 2.49. The number of aromatic nitrogens is 2. The number of rotatable bonds is 7. The summed E-state index contributed by atoms with van der Waals surface area (Å²) in [4.78, 5) is 23.3. The van der Waals surface area contributed by atoms with E-state index in [1.807, 2.05) is 6.92 Å². The van der Waals surface area contributed by atoms with Crippen LogP contribution in [-0.2, 0) is 16.0 Å². The Hall–Kier alpha value is -1.73. The normalized spacial score (nSPS) is 10.7. The molecule has 19 heavy (non-hydrogen) atoms. The molecule has 106 valence electrons. The molecule has 0 aliphatic heterocycles. The number of methoxy groups -OCH3 is 2. The average molecular weight is 269 g/mol. The summed E-state index contributed by atoms with van der Waals surface area (Å²) in [6.07, 6.45) is 0.262. The predicted molar refractivity (Wildman–Crippen MR) is 68.9 cm³/mol. The van der Waals surface area contributed by atoms with Gasteiger partial charge in [-0.1, -0.05) is 6.92 Å². The molecule has 1 N–H and O–H groups in total. The van der Waals surface area contributed by atoms with E-state index in [0.29, 0.717) is 6.54 Å². The van der Waals surface area contributed by atoms with Crippen LogP contribution >= 0.6 is 0 Å². The fourth-order valence-electron chi connectivity index (χ4n) is 1.47. The second-order valence-electron chi connectivity index (χ2n) is 3.89. The van der Waals surface area contributed by atoms with Crippen LogP contribution in [0.1, 0.15) is 23.8 Å². The van der Waals surface area contributed by atoms with Gasteiger partial charge in [-0.2, -0.15) is 5.10 Å². The van der Waals surface area contributed by atoms with Crippen molar-refractivity contribution in [1.29, 1.82) is 0 Å². The van der Waals surface area contributed by atoms with Crippen molar-refractivity contribution in [3.05, 3.63) is 28.2 Å². The van der Waals surface area contributed by atoms with Gasteiger partial charge in [0.1, 0.15) is 5.69 Å². The van der Waals surface area contributed by atoms with Crippen LogP contribution in [0.4, 0.5) is 0 Å². The largest absolute Gasteiger partial charge is 0.354 e. The maximum absolute atomic E-state index is 11.8. The van der Waals surface area contributed by atoms with Gasteiger partial charge in [-0.05, 0) is 12.5 Å². The Morgan fingerprint density at radius 3 is 2.68 bits per heavy atom. The number of nitrogens with zero attached hydrogens (tertiary/aromatic N) is 2. The number of hydrogen-bond acceptors (Lipinski definition) is 5. The zero-order chi connectivity index (χ0) is 14.3. The highest BCUT2D eigenvalue weighted by Gasteiger charge is 2.12. The first-order chi connectivity index (χ1) is 9.12. The van der Waals surface area contributed by atoms with Gasteiger partial charge in [-0.15, -0.1) is 0 Å². The van der Waals surface area contributed by atoms with Crippen molar-refractivity contribution >= 4 is 5.91 Å². The second-order valence-corrected chi connectivity index (χ2v) is 3.89. The number of aryl methyl sites for hydroxylation is 1. The van der Waals surface area contributed by atoms with Gasteiger partial charge in [-0.25, -0.2) is 4.68 Å². The van der Waals surface area contributed by atoms with Crippen LogP contribution < -0.4 is 10.9 Å². The van der Waals surface area contributed by atoms with Gasteiger partial charge in [0.2, 0.25) is 0 Å². The van der Waals surface area contributed by atoms with Crippen molar-refractivity contribution < 1.29 is 14.3 Å². The Morgan fingerprint density at radius 2 is 2.11 bits per heavy atom. The van der Waals surface area contributed by atoms with Gasteiger partial charge in [0, 0.05) is 26.8 Å².